The third-order valence-electron chi connectivity index (χ3n) is 3.37. The Morgan fingerprint density at radius 1 is 1.55 bits per heavy atom. The number of aryl methyl sites for hydroxylation is 1. The van der Waals surface area contributed by atoms with Crippen LogP contribution in [0.15, 0.2) is 10.4 Å². The number of sulfonamides is 1. The normalized spacial score (nSPS) is 18.9. The molecule has 1 fully saturated rings. The lowest BCUT2D eigenvalue weighted by Gasteiger charge is -2.32. The number of rotatable bonds is 5. The molecule has 1 aromatic rings. The van der Waals surface area contributed by atoms with E-state index in [0.717, 1.165) is 11.3 Å². The predicted octanol–water partition coefficient (Wildman–Crippen LogP) is 0.611. The predicted molar refractivity (Wildman–Crippen MR) is 72.2 cm³/mol. The molecule has 7 nitrogen and oxygen atoms in total. The minimum atomic E-state index is -3.71. The molecular formula is C11H16N2O5S2. The highest BCUT2D eigenvalue weighted by molar-refractivity contribution is 7.91. The lowest BCUT2D eigenvalue weighted by Crippen LogP contribution is -2.46. The summed E-state index contributed by atoms with van der Waals surface area (Å²) in [4.78, 5) is 15.3. The van der Waals surface area contributed by atoms with Gasteiger partial charge in [0.05, 0.1) is 16.6 Å². The van der Waals surface area contributed by atoms with Crippen LogP contribution < -0.4 is 4.72 Å². The van der Waals surface area contributed by atoms with Crippen LogP contribution in [-0.2, 0) is 19.6 Å². The molecule has 2 heterocycles. The monoisotopic (exact) mass is 320 g/mol. The fraction of sp³-hybridized carbons (Fsp3) is 0.636. The Kier molecular flexibility index (Phi) is 4.43. The summed E-state index contributed by atoms with van der Waals surface area (Å²) in [6, 6.07) is 0. The number of nitrogens with zero attached hydrogens (tertiary/aromatic N) is 1. The van der Waals surface area contributed by atoms with Crippen molar-refractivity contribution in [3.05, 3.63) is 11.2 Å². The van der Waals surface area contributed by atoms with Crippen molar-refractivity contribution in [2.75, 3.05) is 19.8 Å². The van der Waals surface area contributed by atoms with Gasteiger partial charge in [-0.15, -0.1) is 11.3 Å². The van der Waals surface area contributed by atoms with Gasteiger partial charge in [0.2, 0.25) is 0 Å². The molecule has 0 bridgehead atoms. The van der Waals surface area contributed by atoms with E-state index < -0.39 is 21.4 Å². The number of ether oxygens (including phenoxy) is 1. The molecule has 9 heteroatoms. The fourth-order valence-corrected chi connectivity index (χ4v) is 4.28. The molecule has 0 aromatic carbocycles. The van der Waals surface area contributed by atoms with Gasteiger partial charge in [0.15, 0.2) is 4.21 Å². The second kappa shape index (κ2) is 5.76. The Balaban J connectivity index is 2.11. The SMILES string of the molecule is Cc1ncc(S(=O)(=O)NCC2(C(=O)O)CCOCC2)s1. The zero-order chi connectivity index (χ0) is 14.8. The van der Waals surface area contributed by atoms with Crippen LogP contribution in [0.4, 0.5) is 0 Å². The summed E-state index contributed by atoms with van der Waals surface area (Å²) in [5.74, 6) is -0.996. The van der Waals surface area contributed by atoms with Crippen LogP contribution in [-0.4, -0.2) is 44.2 Å². The molecule has 112 valence electrons. The van der Waals surface area contributed by atoms with Crippen molar-refractivity contribution in [1.82, 2.24) is 9.71 Å². The van der Waals surface area contributed by atoms with Gasteiger partial charge in [-0.1, -0.05) is 0 Å². The zero-order valence-corrected chi connectivity index (χ0v) is 12.6. The average Bonchev–Trinajstić information content (AvgIpc) is 2.85. The number of carboxylic acids is 1. The van der Waals surface area contributed by atoms with Gasteiger partial charge in [-0.2, -0.15) is 0 Å². The number of hydrogen-bond acceptors (Lipinski definition) is 6. The fourth-order valence-electron chi connectivity index (χ4n) is 2.00. The highest BCUT2D eigenvalue weighted by Gasteiger charge is 2.41. The van der Waals surface area contributed by atoms with E-state index in [1.54, 1.807) is 6.92 Å². The summed E-state index contributed by atoms with van der Waals surface area (Å²) in [6.07, 6.45) is 1.87. The van der Waals surface area contributed by atoms with E-state index in [9.17, 15) is 18.3 Å². The van der Waals surface area contributed by atoms with Crippen molar-refractivity contribution in [2.24, 2.45) is 5.41 Å². The lowest BCUT2D eigenvalue weighted by atomic mass is 9.80. The maximum absolute atomic E-state index is 12.1. The maximum atomic E-state index is 12.1. The van der Waals surface area contributed by atoms with Crippen LogP contribution in [0.3, 0.4) is 0 Å². The van der Waals surface area contributed by atoms with Gasteiger partial charge < -0.3 is 9.84 Å². The third kappa shape index (κ3) is 3.17. The molecule has 0 amide bonds. The quantitative estimate of drug-likeness (QED) is 0.823. The Morgan fingerprint density at radius 2 is 2.20 bits per heavy atom. The first-order valence-corrected chi connectivity index (χ1v) is 8.39. The molecule has 1 aromatic heterocycles. The summed E-state index contributed by atoms with van der Waals surface area (Å²) >= 11 is 1.05. The van der Waals surface area contributed by atoms with Gasteiger partial charge in [-0.05, 0) is 19.8 Å². The van der Waals surface area contributed by atoms with Gasteiger partial charge in [-0.3, -0.25) is 4.79 Å². The summed E-state index contributed by atoms with van der Waals surface area (Å²) in [5, 5.41) is 10.0. The molecule has 0 aliphatic carbocycles. The average molecular weight is 320 g/mol. The summed E-state index contributed by atoms with van der Waals surface area (Å²) in [5.41, 5.74) is -1.09. The second-order valence-corrected chi connectivity index (χ2v) is 7.95. The molecule has 0 spiro atoms. The van der Waals surface area contributed by atoms with Gasteiger partial charge in [0.25, 0.3) is 10.0 Å². The van der Waals surface area contributed by atoms with Crippen molar-refractivity contribution >= 4 is 27.3 Å². The van der Waals surface area contributed by atoms with Crippen molar-refractivity contribution in [2.45, 2.75) is 24.0 Å². The molecule has 0 unspecified atom stereocenters. The minimum absolute atomic E-state index is 0.0996. The largest absolute Gasteiger partial charge is 0.481 e. The highest BCUT2D eigenvalue weighted by Crippen LogP contribution is 2.31. The number of aliphatic carboxylic acids is 1. The molecule has 0 atom stereocenters. The standard InChI is InChI=1S/C11H16N2O5S2/c1-8-12-6-9(19-8)20(16,17)13-7-11(10(14)15)2-4-18-5-3-11/h6,13H,2-5,7H2,1H3,(H,14,15). The molecule has 2 rings (SSSR count). The molecule has 1 aliphatic rings. The molecule has 0 saturated carbocycles. The molecule has 2 N–H and O–H groups in total. The van der Waals surface area contributed by atoms with Crippen LogP contribution in [0.2, 0.25) is 0 Å². The Morgan fingerprint density at radius 3 is 2.70 bits per heavy atom. The van der Waals surface area contributed by atoms with Crippen molar-refractivity contribution in [1.29, 1.82) is 0 Å². The highest BCUT2D eigenvalue weighted by atomic mass is 32.2. The molecule has 20 heavy (non-hydrogen) atoms. The Bertz CT molecular complexity index is 590. The maximum Gasteiger partial charge on any atom is 0.311 e. The van der Waals surface area contributed by atoms with Crippen LogP contribution in [0.25, 0.3) is 0 Å². The third-order valence-corrected chi connectivity index (χ3v) is 6.14. The van der Waals surface area contributed by atoms with E-state index in [1.165, 1.54) is 6.20 Å². The number of nitrogens with one attached hydrogen (secondary N) is 1. The van der Waals surface area contributed by atoms with Gasteiger partial charge >= 0.3 is 5.97 Å². The van der Waals surface area contributed by atoms with Gasteiger partial charge in [-0.25, -0.2) is 18.1 Å². The smallest absolute Gasteiger partial charge is 0.311 e. The summed E-state index contributed by atoms with van der Waals surface area (Å²) < 4.78 is 31.8. The van der Waals surface area contributed by atoms with Crippen molar-refractivity contribution in [3.8, 4) is 0 Å². The number of carbonyl (C=O) groups is 1. The lowest BCUT2D eigenvalue weighted by molar-refractivity contribution is -0.154. The second-order valence-electron chi connectivity index (χ2n) is 4.72. The first kappa shape index (κ1) is 15.4. The van der Waals surface area contributed by atoms with E-state index >= 15 is 0 Å². The number of carboxylic acid groups (broad SMARTS) is 1. The molecule has 1 saturated heterocycles. The molecule has 0 radical (unpaired) electrons. The van der Waals surface area contributed by atoms with E-state index in [1.807, 2.05) is 0 Å². The Labute approximate surface area is 121 Å². The minimum Gasteiger partial charge on any atom is -0.481 e. The van der Waals surface area contributed by atoms with E-state index in [-0.39, 0.29) is 10.8 Å². The van der Waals surface area contributed by atoms with Crippen LogP contribution in [0.5, 0.6) is 0 Å². The van der Waals surface area contributed by atoms with E-state index in [2.05, 4.69) is 9.71 Å². The number of thiazole rings is 1. The van der Waals surface area contributed by atoms with Crippen LogP contribution in [0.1, 0.15) is 17.8 Å². The van der Waals surface area contributed by atoms with Crippen molar-refractivity contribution in [3.63, 3.8) is 0 Å². The van der Waals surface area contributed by atoms with Crippen molar-refractivity contribution < 1.29 is 23.1 Å². The first-order valence-electron chi connectivity index (χ1n) is 6.09. The summed E-state index contributed by atoms with van der Waals surface area (Å²) in [7, 11) is -3.71. The van der Waals surface area contributed by atoms with E-state index in [4.69, 9.17) is 4.74 Å². The first-order chi connectivity index (χ1) is 9.36. The van der Waals surface area contributed by atoms with E-state index in [0.29, 0.717) is 31.1 Å². The van der Waals surface area contributed by atoms with Gasteiger partial charge in [0, 0.05) is 19.8 Å². The topological polar surface area (TPSA) is 106 Å². The summed E-state index contributed by atoms with van der Waals surface area (Å²) in [6.45, 7) is 2.23. The zero-order valence-electron chi connectivity index (χ0n) is 11.0. The Hall–Kier alpha value is -1.03. The number of hydrogen-bond donors (Lipinski definition) is 2. The molecular weight excluding hydrogens is 304 g/mol. The molecule has 1 aliphatic heterocycles. The van der Waals surface area contributed by atoms with Gasteiger partial charge in [0.1, 0.15) is 0 Å². The number of aromatic nitrogens is 1. The van der Waals surface area contributed by atoms with Crippen LogP contribution in [0, 0.1) is 12.3 Å². The van der Waals surface area contributed by atoms with Crippen LogP contribution >= 0.6 is 11.3 Å².